The minimum absolute atomic E-state index is 0.0129. The van der Waals surface area contributed by atoms with Crippen LogP contribution in [0.15, 0.2) is 18.2 Å². The first-order chi connectivity index (χ1) is 9.49. The van der Waals surface area contributed by atoms with Crippen LogP contribution in [0.25, 0.3) is 0 Å². The van der Waals surface area contributed by atoms with Crippen LogP contribution in [0.4, 0.5) is 5.69 Å². The van der Waals surface area contributed by atoms with E-state index in [-0.39, 0.29) is 17.6 Å². The SMILES string of the molecule is Cc1c(C(=O)NC2CCN(C)CC2)cccc1[N+](=O)[O-]. The average molecular weight is 277 g/mol. The molecular formula is C14H19N3O3. The van der Waals surface area contributed by atoms with Gasteiger partial charge in [0.25, 0.3) is 11.6 Å². The maximum atomic E-state index is 12.2. The summed E-state index contributed by atoms with van der Waals surface area (Å²) in [5.41, 5.74) is 0.794. The number of piperidine rings is 1. The van der Waals surface area contributed by atoms with Gasteiger partial charge >= 0.3 is 0 Å². The molecule has 1 aliphatic heterocycles. The van der Waals surface area contributed by atoms with Crippen LogP contribution in [-0.4, -0.2) is 41.9 Å². The minimum Gasteiger partial charge on any atom is -0.349 e. The maximum absolute atomic E-state index is 12.2. The van der Waals surface area contributed by atoms with Gasteiger partial charge in [-0.05, 0) is 46.0 Å². The Morgan fingerprint density at radius 1 is 1.40 bits per heavy atom. The summed E-state index contributed by atoms with van der Waals surface area (Å²) in [7, 11) is 2.06. The zero-order chi connectivity index (χ0) is 14.7. The van der Waals surface area contributed by atoms with Gasteiger partial charge in [0.2, 0.25) is 0 Å². The predicted octanol–water partition coefficient (Wildman–Crippen LogP) is 1.73. The van der Waals surface area contributed by atoms with Crippen molar-refractivity contribution in [1.29, 1.82) is 0 Å². The van der Waals surface area contributed by atoms with Crippen LogP contribution in [0.1, 0.15) is 28.8 Å². The number of nitrogens with zero attached hydrogens (tertiary/aromatic N) is 2. The maximum Gasteiger partial charge on any atom is 0.273 e. The third-order valence-electron chi connectivity index (χ3n) is 3.80. The van der Waals surface area contributed by atoms with Gasteiger partial charge in [-0.25, -0.2) is 0 Å². The lowest BCUT2D eigenvalue weighted by atomic mass is 10.0. The number of hydrogen-bond donors (Lipinski definition) is 1. The van der Waals surface area contributed by atoms with Crippen LogP contribution in [0, 0.1) is 17.0 Å². The van der Waals surface area contributed by atoms with Gasteiger partial charge in [0.1, 0.15) is 0 Å². The molecule has 20 heavy (non-hydrogen) atoms. The van der Waals surface area contributed by atoms with Gasteiger partial charge in [-0.3, -0.25) is 14.9 Å². The van der Waals surface area contributed by atoms with Crippen molar-refractivity contribution in [3.05, 3.63) is 39.4 Å². The molecule has 1 saturated heterocycles. The molecule has 0 spiro atoms. The Labute approximate surface area is 117 Å². The molecule has 0 aliphatic carbocycles. The van der Waals surface area contributed by atoms with Crippen LogP contribution in [0.2, 0.25) is 0 Å². The van der Waals surface area contributed by atoms with Crippen molar-refractivity contribution in [1.82, 2.24) is 10.2 Å². The Kier molecular flexibility index (Phi) is 4.34. The van der Waals surface area contributed by atoms with E-state index in [2.05, 4.69) is 17.3 Å². The molecule has 6 heteroatoms. The molecule has 0 bridgehead atoms. The summed E-state index contributed by atoms with van der Waals surface area (Å²) in [6.45, 7) is 3.53. The van der Waals surface area contributed by atoms with Gasteiger partial charge in [-0.15, -0.1) is 0 Å². The first-order valence-corrected chi connectivity index (χ1v) is 6.72. The summed E-state index contributed by atoms with van der Waals surface area (Å²) in [5.74, 6) is -0.222. The first-order valence-electron chi connectivity index (χ1n) is 6.72. The second-order valence-electron chi connectivity index (χ2n) is 5.26. The van der Waals surface area contributed by atoms with Gasteiger partial charge < -0.3 is 10.2 Å². The number of nitro benzene ring substituents is 1. The largest absolute Gasteiger partial charge is 0.349 e. The Bertz CT molecular complexity index is 522. The number of rotatable bonds is 3. The Morgan fingerprint density at radius 3 is 2.65 bits per heavy atom. The molecule has 1 fully saturated rings. The van der Waals surface area contributed by atoms with Crippen LogP contribution >= 0.6 is 0 Å². The highest BCUT2D eigenvalue weighted by atomic mass is 16.6. The second-order valence-corrected chi connectivity index (χ2v) is 5.26. The predicted molar refractivity (Wildman–Crippen MR) is 75.8 cm³/mol. The number of carbonyl (C=O) groups excluding carboxylic acids is 1. The molecule has 1 amide bonds. The van der Waals surface area contributed by atoms with E-state index in [4.69, 9.17) is 0 Å². The van der Waals surface area contributed by atoms with E-state index in [1.54, 1.807) is 19.1 Å². The van der Waals surface area contributed by atoms with E-state index in [1.807, 2.05) is 0 Å². The molecule has 0 atom stereocenters. The number of hydrogen-bond acceptors (Lipinski definition) is 4. The number of carbonyl (C=O) groups is 1. The lowest BCUT2D eigenvalue weighted by Crippen LogP contribution is -2.43. The zero-order valence-corrected chi connectivity index (χ0v) is 11.8. The van der Waals surface area contributed by atoms with E-state index in [0.29, 0.717) is 11.1 Å². The van der Waals surface area contributed by atoms with Crippen molar-refractivity contribution >= 4 is 11.6 Å². The molecule has 108 valence electrons. The molecule has 0 aromatic heterocycles. The van der Waals surface area contributed by atoms with Crippen LogP contribution in [0.3, 0.4) is 0 Å². The Balaban J connectivity index is 2.10. The minimum atomic E-state index is -0.457. The van der Waals surface area contributed by atoms with Crippen molar-refractivity contribution in [3.63, 3.8) is 0 Å². The van der Waals surface area contributed by atoms with E-state index >= 15 is 0 Å². The van der Waals surface area contributed by atoms with Crippen molar-refractivity contribution in [3.8, 4) is 0 Å². The Morgan fingerprint density at radius 2 is 2.05 bits per heavy atom. The third-order valence-corrected chi connectivity index (χ3v) is 3.80. The summed E-state index contributed by atoms with van der Waals surface area (Å²) in [6, 6.07) is 4.75. The zero-order valence-electron chi connectivity index (χ0n) is 11.8. The molecule has 2 rings (SSSR count). The fourth-order valence-electron chi connectivity index (χ4n) is 2.48. The van der Waals surface area contributed by atoms with Gasteiger partial charge in [-0.1, -0.05) is 6.07 Å². The summed E-state index contributed by atoms with van der Waals surface area (Å²) in [6.07, 6.45) is 1.83. The molecule has 1 heterocycles. The highest BCUT2D eigenvalue weighted by Crippen LogP contribution is 2.21. The van der Waals surface area contributed by atoms with Crippen LogP contribution < -0.4 is 5.32 Å². The molecule has 1 N–H and O–H groups in total. The smallest absolute Gasteiger partial charge is 0.273 e. The molecule has 1 aromatic carbocycles. The van der Waals surface area contributed by atoms with Gasteiger partial charge in [0.05, 0.1) is 4.92 Å². The van der Waals surface area contributed by atoms with E-state index in [0.717, 1.165) is 25.9 Å². The highest BCUT2D eigenvalue weighted by Gasteiger charge is 2.22. The van der Waals surface area contributed by atoms with Gasteiger partial charge in [0, 0.05) is 23.2 Å². The summed E-state index contributed by atoms with van der Waals surface area (Å²) in [4.78, 5) is 24.9. The summed E-state index contributed by atoms with van der Waals surface area (Å²) >= 11 is 0. The van der Waals surface area contributed by atoms with Gasteiger partial charge in [-0.2, -0.15) is 0 Å². The number of benzene rings is 1. The van der Waals surface area contributed by atoms with Crippen molar-refractivity contribution in [2.24, 2.45) is 0 Å². The summed E-state index contributed by atoms with van der Waals surface area (Å²) in [5, 5.41) is 13.9. The number of amides is 1. The number of nitrogens with one attached hydrogen (secondary N) is 1. The molecular weight excluding hydrogens is 258 g/mol. The Hall–Kier alpha value is -1.95. The van der Waals surface area contributed by atoms with E-state index in [9.17, 15) is 14.9 Å². The fourth-order valence-corrected chi connectivity index (χ4v) is 2.48. The number of nitro groups is 1. The standard InChI is InChI=1S/C14H19N3O3/c1-10-12(4-3-5-13(10)17(19)20)14(18)15-11-6-8-16(2)9-7-11/h3-5,11H,6-9H2,1-2H3,(H,15,18). The average Bonchev–Trinajstić information content (AvgIpc) is 2.41. The molecule has 6 nitrogen and oxygen atoms in total. The van der Waals surface area contributed by atoms with E-state index < -0.39 is 4.92 Å². The lowest BCUT2D eigenvalue weighted by molar-refractivity contribution is -0.385. The van der Waals surface area contributed by atoms with E-state index in [1.165, 1.54) is 6.07 Å². The molecule has 1 aromatic rings. The number of likely N-dealkylation sites (tertiary alicyclic amines) is 1. The summed E-state index contributed by atoms with van der Waals surface area (Å²) < 4.78 is 0. The molecule has 1 aliphatic rings. The molecule has 0 saturated carbocycles. The molecule has 0 radical (unpaired) electrons. The topological polar surface area (TPSA) is 75.5 Å². The van der Waals surface area contributed by atoms with Crippen molar-refractivity contribution in [2.75, 3.05) is 20.1 Å². The fraction of sp³-hybridized carbons (Fsp3) is 0.500. The third kappa shape index (κ3) is 3.14. The van der Waals surface area contributed by atoms with Crippen molar-refractivity contribution in [2.45, 2.75) is 25.8 Å². The normalized spacial score (nSPS) is 16.9. The molecule has 0 unspecified atom stereocenters. The quantitative estimate of drug-likeness (QED) is 0.674. The monoisotopic (exact) mass is 277 g/mol. The van der Waals surface area contributed by atoms with Crippen LogP contribution in [0.5, 0.6) is 0 Å². The van der Waals surface area contributed by atoms with Crippen molar-refractivity contribution < 1.29 is 9.72 Å². The lowest BCUT2D eigenvalue weighted by Gasteiger charge is -2.29. The second kappa shape index (κ2) is 6.00. The first kappa shape index (κ1) is 14.5. The van der Waals surface area contributed by atoms with Crippen LogP contribution in [-0.2, 0) is 0 Å². The van der Waals surface area contributed by atoms with Gasteiger partial charge in [0.15, 0.2) is 0 Å². The highest BCUT2D eigenvalue weighted by molar-refractivity contribution is 5.96.